The van der Waals surface area contributed by atoms with Crippen molar-refractivity contribution in [1.29, 1.82) is 0 Å². The molecule has 9 heteroatoms. The number of halogens is 1. The Kier molecular flexibility index (Phi) is 5.54. The van der Waals surface area contributed by atoms with Crippen molar-refractivity contribution in [2.24, 2.45) is 0 Å². The molecular formula is C19H25FN6O2. The summed E-state index contributed by atoms with van der Waals surface area (Å²) in [6.45, 7) is 3.46. The highest BCUT2D eigenvalue weighted by Crippen LogP contribution is 2.28. The van der Waals surface area contributed by atoms with Crippen molar-refractivity contribution in [2.45, 2.75) is 44.7 Å². The van der Waals surface area contributed by atoms with Gasteiger partial charge in [0, 0.05) is 32.7 Å². The molecule has 1 aromatic heterocycles. The summed E-state index contributed by atoms with van der Waals surface area (Å²) in [5.74, 6) is -0.263. The molecule has 28 heavy (non-hydrogen) atoms. The van der Waals surface area contributed by atoms with Gasteiger partial charge in [0.05, 0.1) is 18.8 Å². The molecule has 3 heterocycles. The van der Waals surface area contributed by atoms with Gasteiger partial charge in [-0.15, -0.1) is 5.10 Å². The molecule has 4 rings (SSSR count). The first kappa shape index (κ1) is 18.8. The average Bonchev–Trinajstić information content (AvgIpc) is 3.11. The molecule has 0 aliphatic carbocycles. The van der Waals surface area contributed by atoms with Crippen LogP contribution in [0.1, 0.15) is 35.9 Å². The number of nitrogens with zero attached hydrogens (tertiary/aromatic N) is 4. The van der Waals surface area contributed by atoms with Crippen molar-refractivity contribution in [2.75, 3.05) is 20.1 Å². The minimum absolute atomic E-state index is 0.129. The summed E-state index contributed by atoms with van der Waals surface area (Å²) in [6.07, 6.45) is 1.61. The van der Waals surface area contributed by atoms with E-state index in [1.54, 1.807) is 13.1 Å². The molecule has 0 spiro atoms. The molecule has 150 valence electrons. The van der Waals surface area contributed by atoms with Crippen molar-refractivity contribution in [3.8, 4) is 0 Å². The lowest BCUT2D eigenvalue weighted by atomic mass is 10.0. The predicted molar refractivity (Wildman–Crippen MR) is 99.8 cm³/mol. The molecule has 1 fully saturated rings. The van der Waals surface area contributed by atoms with E-state index in [4.69, 9.17) is 4.74 Å². The summed E-state index contributed by atoms with van der Waals surface area (Å²) >= 11 is 0. The van der Waals surface area contributed by atoms with Crippen molar-refractivity contribution >= 4 is 6.03 Å². The van der Waals surface area contributed by atoms with E-state index in [0.717, 1.165) is 49.4 Å². The Morgan fingerprint density at radius 1 is 1.36 bits per heavy atom. The molecule has 2 aromatic rings. The number of likely N-dealkylation sites (tertiary alicyclic amines) is 1. The van der Waals surface area contributed by atoms with Crippen LogP contribution in [-0.4, -0.2) is 52.1 Å². The van der Waals surface area contributed by atoms with Gasteiger partial charge < -0.3 is 15.4 Å². The van der Waals surface area contributed by atoms with Gasteiger partial charge in [0.1, 0.15) is 17.6 Å². The fourth-order valence-electron chi connectivity index (χ4n) is 3.80. The third-order valence-electron chi connectivity index (χ3n) is 5.42. The summed E-state index contributed by atoms with van der Waals surface area (Å²) < 4.78 is 21.3. The van der Waals surface area contributed by atoms with Gasteiger partial charge in [0.2, 0.25) is 0 Å². The maximum atomic E-state index is 13.5. The minimum atomic E-state index is -0.263. The lowest BCUT2D eigenvalue weighted by molar-refractivity contribution is -0.00232. The Morgan fingerprint density at radius 2 is 2.18 bits per heavy atom. The van der Waals surface area contributed by atoms with Crippen molar-refractivity contribution in [3.05, 3.63) is 47.0 Å². The largest absolute Gasteiger partial charge is 0.365 e. The Bertz CT molecular complexity index is 834. The lowest BCUT2D eigenvalue weighted by Gasteiger charge is -2.32. The minimum Gasteiger partial charge on any atom is -0.365 e. The average molecular weight is 388 g/mol. The number of ether oxygens (including phenoxy) is 1. The Hall–Kier alpha value is -2.52. The zero-order valence-electron chi connectivity index (χ0n) is 15.9. The van der Waals surface area contributed by atoms with Crippen LogP contribution in [0, 0.1) is 5.82 Å². The fourth-order valence-corrected chi connectivity index (χ4v) is 3.80. The zero-order valence-corrected chi connectivity index (χ0v) is 15.9. The third-order valence-corrected chi connectivity index (χ3v) is 5.42. The number of rotatable bonds is 4. The number of carbonyl (C=O) groups is 1. The van der Waals surface area contributed by atoms with Crippen LogP contribution in [0.25, 0.3) is 0 Å². The van der Waals surface area contributed by atoms with E-state index in [1.165, 1.54) is 12.1 Å². The normalized spacial score (nSPS) is 20.6. The van der Waals surface area contributed by atoms with Gasteiger partial charge >= 0.3 is 6.03 Å². The van der Waals surface area contributed by atoms with Gasteiger partial charge in [-0.25, -0.2) is 13.9 Å². The van der Waals surface area contributed by atoms with Gasteiger partial charge in [-0.1, -0.05) is 17.3 Å². The number of fused-ring (bicyclic) bond motifs is 1. The van der Waals surface area contributed by atoms with E-state index in [9.17, 15) is 9.18 Å². The van der Waals surface area contributed by atoms with Crippen LogP contribution in [0.5, 0.6) is 0 Å². The van der Waals surface area contributed by atoms with Crippen molar-refractivity contribution in [1.82, 2.24) is 30.5 Å². The molecular weight excluding hydrogens is 363 g/mol. The predicted octanol–water partition coefficient (Wildman–Crippen LogP) is 1.58. The standard InChI is InChI=1S/C19H25FN6O2/c1-21-19(27)22-15-5-7-25(8-6-15)10-16-17-12-28-18(11-26(17)24-23-16)13-3-2-4-14(20)9-13/h2-4,9,15,18H,5-8,10-12H2,1H3,(H2,21,22,27)/t18-/m1/s1. The second-order valence-corrected chi connectivity index (χ2v) is 7.29. The van der Waals surface area contributed by atoms with E-state index < -0.39 is 0 Å². The highest BCUT2D eigenvalue weighted by atomic mass is 19.1. The van der Waals surface area contributed by atoms with Crippen LogP contribution < -0.4 is 10.6 Å². The second-order valence-electron chi connectivity index (χ2n) is 7.29. The third kappa shape index (κ3) is 4.15. The lowest BCUT2D eigenvalue weighted by Crippen LogP contribution is -2.47. The first-order chi connectivity index (χ1) is 13.6. The number of urea groups is 1. The highest BCUT2D eigenvalue weighted by Gasteiger charge is 2.27. The van der Waals surface area contributed by atoms with Gasteiger partial charge in [-0.3, -0.25) is 4.90 Å². The summed E-state index contributed by atoms with van der Waals surface area (Å²) in [7, 11) is 1.63. The molecule has 2 aliphatic rings. The SMILES string of the molecule is CNC(=O)NC1CCN(Cc2nnn3c2CO[C@@H](c2cccc(F)c2)C3)CC1. The van der Waals surface area contributed by atoms with Crippen LogP contribution in [0.15, 0.2) is 24.3 Å². The molecule has 0 radical (unpaired) electrons. The molecule has 2 N–H and O–H groups in total. The van der Waals surface area contributed by atoms with Crippen molar-refractivity contribution < 1.29 is 13.9 Å². The Balaban J connectivity index is 1.34. The van der Waals surface area contributed by atoms with Gasteiger partial charge in [-0.2, -0.15) is 0 Å². The topological polar surface area (TPSA) is 84.3 Å². The first-order valence-corrected chi connectivity index (χ1v) is 9.61. The summed E-state index contributed by atoms with van der Waals surface area (Å²) in [5.41, 5.74) is 2.72. The molecule has 1 atom stereocenters. The van der Waals surface area contributed by atoms with Gasteiger partial charge in [-0.05, 0) is 30.5 Å². The molecule has 8 nitrogen and oxygen atoms in total. The Labute approximate surface area is 163 Å². The van der Waals surface area contributed by atoms with Crippen LogP contribution in [0.4, 0.5) is 9.18 Å². The number of piperidine rings is 1. The van der Waals surface area contributed by atoms with Gasteiger partial charge in [0.25, 0.3) is 0 Å². The van der Waals surface area contributed by atoms with E-state index in [1.807, 2.05) is 10.7 Å². The molecule has 0 bridgehead atoms. The maximum Gasteiger partial charge on any atom is 0.314 e. The molecule has 2 aliphatic heterocycles. The molecule has 2 amide bonds. The summed E-state index contributed by atoms with van der Waals surface area (Å²) in [5, 5.41) is 14.2. The number of nitrogens with one attached hydrogen (secondary N) is 2. The monoisotopic (exact) mass is 388 g/mol. The number of hydrogen-bond acceptors (Lipinski definition) is 5. The molecule has 1 aromatic carbocycles. The summed E-state index contributed by atoms with van der Waals surface area (Å²) in [4.78, 5) is 13.8. The molecule has 0 saturated carbocycles. The van der Waals surface area contributed by atoms with Crippen LogP contribution in [0.2, 0.25) is 0 Å². The molecule has 1 saturated heterocycles. The number of aromatic nitrogens is 3. The van der Waals surface area contributed by atoms with E-state index in [-0.39, 0.29) is 24.0 Å². The van der Waals surface area contributed by atoms with Crippen LogP contribution >= 0.6 is 0 Å². The number of hydrogen-bond donors (Lipinski definition) is 2. The smallest absolute Gasteiger partial charge is 0.314 e. The highest BCUT2D eigenvalue weighted by molar-refractivity contribution is 5.73. The zero-order chi connectivity index (χ0) is 19.5. The van der Waals surface area contributed by atoms with Gasteiger partial charge in [0.15, 0.2) is 0 Å². The van der Waals surface area contributed by atoms with Crippen LogP contribution in [0.3, 0.4) is 0 Å². The van der Waals surface area contributed by atoms with E-state index >= 15 is 0 Å². The first-order valence-electron chi connectivity index (χ1n) is 9.61. The number of amides is 2. The second kappa shape index (κ2) is 8.24. The quantitative estimate of drug-likeness (QED) is 0.831. The maximum absolute atomic E-state index is 13.5. The van der Waals surface area contributed by atoms with Crippen LogP contribution in [-0.2, 0) is 24.4 Å². The van der Waals surface area contributed by atoms with E-state index in [0.29, 0.717) is 13.2 Å². The number of benzene rings is 1. The molecule has 0 unspecified atom stereocenters. The number of carbonyl (C=O) groups excluding carboxylic acids is 1. The van der Waals surface area contributed by atoms with E-state index in [2.05, 4.69) is 25.8 Å². The van der Waals surface area contributed by atoms with Crippen molar-refractivity contribution in [3.63, 3.8) is 0 Å². The Morgan fingerprint density at radius 3 is 2.93 bits per heavy atom. The summed E-state index contributed by atoms with van der Waals surface area (Å²) in [6, 6.07) is 6.58. The fraction of sp³-hybridized carbons (Fsp3) is 0.526.